The van der Waals surface area contributed by atoms with Crippen LogP contribution in [0.15, 0.2) is 42.5 Å². The number of aromatic nitrogens is 2. The zero-order chi connectivity index (χ0) is 21.7. The molecule has 3 rings (SSSR count). The first-order valence-corrected chi connectivity index (χ1v) is 9.76. The lowest BCUT2D eigenvalue weighted by Crippen LogP contribution is -2.34. The minimum absolute atomic E-state index is 0.183. The third kappa shape index (κ3) is 4.77. The van der Waals surface area contributed by atoms with E-state index in [0.717, 1.165) is 29.1 Å². The van der Waals surface area contributed by atoms with Crippen molar-refractivity contribution in [2.24, 2.45) is 0 Å². The molecular weight excluding hydrogens is 400 g/mol. The topological polar surface area (TPSA) is 88.3 Å². The Labute approximate surface area is 180 Å². The first kappa shape index (κ1) is 21.3. The fourth-order valence-corrected chi connectivity index (χ4v) is 3.36. The molecule has 1 heterocycles. The van der Waals surface area contributed by atoms with Crippen LogP contribution < -0.4 is 20.1 Å². The molecule has 3 aromatic rings. The highest BCUT2D eigenvalue weighted by Crippen LogP contribution is 2.28. The maximum absolute atomic E-state index is 12.7. The second-order valence-corrected chi connectivity index (χ2v) is 7.14. The van der Waals surface area contributed by atoms with Crippen LogP contribution in [0.5, 0.6) is 11.5 Å². The number of rotatable bonds is 6. The SMILES string of the molecule is COc1cccc(OC)c1C(=O)NC(=S)Nc1ccc(Cc2c(C)n[nH]c2C)cc1. The van der Waals surface area contributed by atoms with Crippen molar-refractivity contribution in [2.45, 2.75) is 20.3 Å². The van der Waals surface area contributed by atoms with Gasteiger partial charge in [0.1, 0.15) is 17.1 Å². The summed E-state index contributed by atoms with van der Waals surface area (Å²) in [5.41, 5.74) is 5.49. The number of thiocarbonyl (C=S) groups is 1. The number of hydrogen-bond donors (Lipinski definition) is 3. The largest absolute Gasteiger partial charge is 0.496 e. The Balaban J connectivity index is 1.65. The van der Waals surface area contributed by atoms with E-state index in [0.29, 0.717) is 11.5 Å². The van der Waals surface area contributed by atoms with Crippen molar-refractivity contribution < 1.29 is 14.3 Å². The Morgan fingerprint density at radius 1 is 1.07 bits per heavy atom. The van der Waals surface area contributed by atoms with Crippen LogP contribution in [0.3, 0.4) is 0 Å². The molecule has 1 aromatic heterocycles. The molecule has 156 valence electrons. The van der Waals surface area contributed by atoms with E-state index in [1.165, 1.54) is 19.8 Å². The van der Waals surface area contributed by atoms with Gasteiger partial charge in [0.2, 0.25) is 0 Å². The molecule has 8 heteroatoms. The zero-order valence-corrected chi connectivity index (χ0v) is 18.1. The standard InChI is InChI=1S/C22H24N4O3S/c1-13-17(14(2)26-25-13)12-15-8-10-16(11-9-15)23-22(30)24-21(27)20-18(28-3)6-5-7-19(20)29-4/h5-11H,12H2,1-4H3,(H,25,26)(H2,23,24,27,30). The lowest BCUT2D eigenvalue weighted by atomic mass is 10.0. The van der Waals surface area contributed by atoms with E-state index >= 15 is 0 Å². The smallest absolute Gasteiger partial charge is 0.264 e. The van der Waals surface area contributed by atoms with Gasteiger partial charge >= 0.3 is 0 Å². The molecule has 30 heavy (non-hydrogen) atoms. The van der Waals surface area contributed by atoms with Crippen LogP contribution in [0, 0.1) is 13.8 Å². The van der Waals surface area contributed by atoms with Crippen LogP contribution >= 0.6 is 12.2 Å². The lowest BCUT2D eigenvalue weighted by Gasteiger charge is -2.14. The Hall–Kier alpha value is -3.39. The molecular formula is C22H24N4O3S. The third-order valence-electron chi connectivity index (χ3n) is 4.76. The van der Waals surface area contributed by atoms with Crippen LogP contribution in [0.1, 0.15) is 32.9 Å². The molecule has 0 atom stereocenters. The van der Waals surface area contributed by atoms with Crippen molar-refractivity contribution >= 4 is 28.9 Å². The van der Waals surface area contributed by atoms with Gasteiger partial charge in [0.05, 0.1) is 19.9 Å². The van der Waals surface area contributed by atoms with Crippen molar-refractivity contribution in [1.82, 2.24) is 15.5 Å². The number of aromatic amines is 1. The van der Waals surface area contributed by atoms with E-state index in [1.807, 2.05) is 38.1 Å². The second kappa shape index (κ2) is 9.41. The monoisotopic (exact) mass is 424 g/mol. The van der Waals surface area contributed by atoms with Gasteiger partial charge < -0.3 is 14.8 Å². The molecule has 1 amide bonds. The Morgan fingerprint density at radius 2 is 1.70 bits per heavy atom. The summed E-state index contributed by atoms with van der Waals surface area (Å²) in [7, 11) is 2.99. The molecule has 0 unspecified atom stereocenters. The van der Waals surface area contributed by atoms with E-state index < -0.39 is 5.91 Å². The maximum Gasteiger partial charge on any atom is 0.264 e. The average molecular weight is 425 g/mol. The van der Waals surface area contributed by atoms with Gasteiger partial charge in [0, 0.05) is 23.4 Å². The predicted octanol–water partition coefficient (Wildman–Crippen LogP) is 3.76. The number of ether oxygens (including phenoxy) is 2. The summed E-state index contributed by atoms with van der Waals surface area (Å²) in [6.07, 6.45) is 0.795. The molecule has 7 nitrogen and oxygen atoms in total. The van der Waals surface area contributed by atoms with E-state index in [1.54, 1.807) is 18.2 Å². The molecule has 3 N–H and O–H groups in total. The molecule has 0 aliphatic rings. The quantitative estimate of drug-likeness (QED) is 0.522. The summed E-state index contributed by atoms with van der Waals surface area (Å²) in [6.45, 7) is 4.01. The van der Waals surface area contributed by atoms with Gasteiger partial charge in [0.25, 0.3) is 5.91 Å². The Bertz CT molecular complexity index is 1020. The minimum atomic E-state index is -0.413. The van der Waals surface area contributed by atoms with Crippen LogP contribution in [-0.2, 0) is 6.42 Å². The molecule has 0 saturated heterocycles. The van der Waals surface area contributed by atoms with Crippen molar-refractivity contribution in [3.8, 4) is 11.5 Å². The van der Waals surface area contributed by atoms with Crippen molar-refractivity contribution in [1.29, 1.82) is 0 Å². The van der Waals surface area contributed by atoms with Crippen LogP contribution in [-0.4, -0.2) is 35.4 Å². The number of carbonyl (C=O) groups is 1. The highest BCUT2D eigenvalue weighted by Gasteiger charge is 2.19. The predicted molar refractivity (Wildman–Crippen MR) is 121 cm³/mol. The van der Waals surface area contributed by atoms with Crippen LogP contribution in [0.25, 0.3) is 0 Å². The highest BCUT2D eigenvalue weighted by molar-refractivity contribution is 7.80. The van der Waals surface area contributed by atoms with E-state index in [9.17, 15) is 4.79 Å². The Kier molecular flexibility index (Phi) is 6.68. The van der Waals surface area contributed by atoms with Gasteiger partial charge in [-0.1, -0.05) is 18.2 Å². The summed E-state index contributed by atoms with van der Waals surface area (Å²) in [5.74, 6) is 0.400. The molecule has 0 bridgehead atoms. The summed E-state index contributed by atoms with van der Waals surface area (Å²) in [5, 5.41) is 13.1. The van der Waals surface area contributed by atoms with Gasteiger partial charge in [-0.3, -0.25) is 15.2 Å². The molecule has 2 aromatic carbocycles. The van der Waals surface area contributed by atoms with Crippen molar-refractivity contribution in [2.75, 3.05) is 19.5 Å². The summed E-state index contributed by atoms with van der Waals surface area (Å²) in [6, 6.07) is 13.0. The van der Waals surface area contributed by atoms with Crippen molar-refractivity contribution in [3.05, 3.63) is 70.5 Å². The average Bonchev–Trinajstić information content (AvgIpc) is 3.06. The fraction of sp³-hybridized carbons (Fsp3) is 0.227. The fourth-order valence-electron chi connectivity index (χ4n) is 3.15. The molecule has 0 saturated carbocycles. The minimum Gasteiger partial charge on any atom is -0.496 e. The van der Waals surface area contributed by atoms with Crippen LogP contribution in [0.4, 0.5) is 5.69 Å². The number of amides is 1. The number of methoxy groups -OCH3 is 2. The lowest BCUT2D eigenvalue weighted by molar-refractivity contribution is 0.0971. The number of aryl methyl sites for hydroxylation is 2. The number of carbonyl (C=O) groups excluding carboxylic acids is 1. The Morgan fingerprint density at radius 3 is 2.23 bits per heavy atom. The van der Waals surface area contributed by atoms with Gasteiger partial charge in [-0.15, -0.1) is 0 Å². The number of anilines is 1. The van der Waals surface area contributed by atoms with Gasteiger partial charge in [-0.2, -0.15) is 5.10 Å². The first-order valence-electron chi connectivity index (χ1n) is 9.35. The number of nitrogens with zero attached hydrogens (tertiary/aromatic N) is 1. The summed E-state index contributed by atoms with van der Waals surface area (Å²) >= 11 is 5.29. The van der Waals surface area contributed by atoms with Crippen molar-refractivity contribution in [3.63, 3.8) is 0 Å². The van der Waals surface area contributed by atoms with Gasteiger partial charge in [-0.25, -0.2) is 0 Å². The first-order chi connectivity index (χ1) is 14.4. The molecule has 0 fully saturated rings. The highest BCUT2D eigenvalue weighted by atomic mass is 32.1. The number of nitrogens with one attached hydrogen (secondary N) is 3. The molecule has 0 aliphatic carbocycles. The number of hydrogen-bond acceptors (Lipinski definition) is 5. The normalized spacial score (nSPS) is 10.4. The maximum atomic E-state index is 12.7. The van der Waals surface area contributed by atoms with E-state index in [-0.39, 0.29) is 10.7 Å². The molecule has 0 radical (unpaired) electrons. The zero-order valence-electron chi connectivity index (χ0n) is 17.3. The molecule has 0 spiro atoms. The van der Waals surface area contributed by atoms with E-state index in [4.69, 9.17) is 21.7 Å². The number of H-pyrrole nitrogens is 1. The molecule has 0 aliphatic heterocycles. The summed E-state index contributed by atoms with van der Waals surface area (Å²) in [4.78, 5) is 12.7. The van der Waals surface area contributed by atoms with Gasteiger partial charge in [-0.05, 0) is 55.9 Å². The second-order valence-electron chi connectivity index (χ2n) is 6.73. The van der Waals surface area contributed by atoms with Crippen LogP contribution in [0.2, 0.25) is 0 Å². The summed E-state index contributed by atoms with van der Waals surface area (Å²) < 4.78 is 10.5. The van der Waals surface area contributed by atoms with Gasteiger partial charge in [0.15, 0.2) is 5.11 Å². The van der Waals surface area contributed by atoms with E-state index in [2.05, 4.69) is 20.8 Å². The number of benzene rings is 2. The third-order valence-corrected chi connectivity index (χ3v) is 4.96.